The molecule has 9 atom stereocenters. The molecule has 1 aliphatic heterocycles. The third kappa shape index (κ3) is 9.84. The van der Waals surface area contributed by atoms with Crippen LogP contribution in [-0.2, 0) is 39.9 Å². The third-order valence-corrected chi connectivity index (χ3v) is 11.7. The van der Waals surface area contributed by atoms with Crippen LogP contribution in [0, 0.1) is 29.6 Å². The van der Waals surface area contributed by atoms with Crippen molar-refractivity contribution in [2.45, 2.75) is 129 Å². The van der Waals surface area contributed by atoms with Crippen molar-refractivity contribution in [3.63, 3.8) is 0 Å². The number of carboxylic acids is 1. The standard InChI is InChI=1S/C40H63N3O8/c1-11-24(4)36(42(8)38(47)28(23(2)3)21-34(45)40(6,7)41)33(50-9)22-35(46)43-18-14-17-31(43)37(51-10)25(5)32(44)20-30(39(48)49)29-19-26-15-12-13-16-27(26)29/h12-13,15-16,23-25,28-31,33,36-37H,11,14,17-22,41H2,1-10H3,(H,48,49)/t24-,25-,28-,29?,30?,31-,33+,36-,37+/m0/s1. The van der Waals surface area contributed by atoms with E-state index in [9.17, 15) is 29.1 Å². The molecular formula is C40H63N3O8. The molecule has 51 heavy (non-hydrogen) atoms. The zero-order valence-electron chi connectivity index (χ0n) is 32.5. The summed E-state index contributed by atoms with van der Waals surface area (Å²) >= 11 is 0. The van der Waals surface area contributed by atoms with Crippen LogP contribution < -0.4 is 5.73 Å². The van der Waals surface area contributed by atoms with E-state index in [2.05, 4.69) is 0 Å². The molecule has 3 rings (SSSR count). The molecule has 1 aromatic carbocycles. The zero-order valence-corrected chi connectivity index (χ0v) is 32.5. The van der Waals surface area contributed by atoms with E-state index in [-0.39, 0.29) is 66.4 Å². The molecule has 286 valence electrons. The first kappa shape index (κ1) is 42.3. The molecule has 1 heterocycles. The first-order chi connectivity index (χ1) is 23.9. The lowest BCUT2D eigenvalue weighted by Crippen LogP contribution is -2.54. The second kappa shape index (κ2) is 18.1. The van der Waals surface area contributed by atoms with Crippen molar-refractivity contribution in [1.29, 1.82) is 0 Å². The monoisotopic (exact) mass is 713 g/mol. The lowest BCUT2D eigenvalue weighted by atomic mass is 9.68. The number of aliphatic carboxylic acids is 1. The fraction of sp³-hybridized carbons (Fsp3) is 0.725. The van der Waals surface area contributed by atoms with Crippen LogP contribution >= 0.6 is 0 Å². The van der Waals surface area contributed by atoms with Gasteiger partial charge in [0.25, 0.3) is 0 Å². The Bertz CT molecular complexity index is 1390. The zero-order chi connectivity index (χ0) is 38.4. The summed E-state index contributed by atoms with van der Waals surface area (Å²) in [6.45, 7) is 13.5. The van der Waals surface area contributed by atoms with Crippen LogP contribution in [-0.4, -0.2) is 102 Å². The van der Waals surface area contributed by atoms with Crippen molar-refractivity contribution < 1.29 is 38.6 Å². The lowest BCUT2D eigenvalue weighted by Gasteiger charge is -2.41. The van der Waals surface area contributed by atoms with Gasteiger partial charge in [0.1, 0.15) is 5.78 Å². The molecule has 0 radical (unpaired) electrons. The minimum Gasteiger partial charge on any atom is -0.481 e. The maximum absolute atomic E-state index is 14.1. The average molecular weight is 714 g/mol. The molecular weight excluding hydrogens is 650 g/mol. The van der Waals surface area contributed by atoms with Crippen LogP contribution in [0.3, 0.4) is 0 Å². The van der Waals surface area contributed by atoms with Gasteiger partial charge in [-0.05, 0) is 56.1 Å². The van der Waals surface area contributed by atoms with Gasteiger partial charge in [0.05, 0.1) is 42.2 Å². The fourth-order valence-electron chi connectivity index (χ4n) is 8.13. The van der Waals surface area contributed by atoms with Crippen LogP contribution in [0.5, 0.6) is 0 Å². The van der Waals surface area contributed by atoms with Crippen LogP contribution in [0.2, 0.25) is 0 Å². The minimum absolute atomic E-state index is 0.0155. The number of likely N-dealkylation sites (N-methyl/N-ethyl adjacent to an activating group) is 1. The second-order valence-corrected chi connectivity index (χ2v) is 15.9. The van der Waals surface area contributed by atoms with Crippen molar-refractivity contribution in [3.05, 3.63) is 35.4 Å². The maximum atomic E-state index is 14.1. The molecule has 1 fully saturated rings. The van der Waals surface area contributed by atoms with Crippen LogP contribution in [0.1, 0.15) is 104 Å². The van der Waals surface area contributed by atoms with Gasteiger partial charge in [-0.15, -0.1) is 0 Å². The molecule has 0 aromatic heterocycles. The van der Waals surface area contributed by atoms with Crippen molar-refractivity contribution in [2.75, 3.05) is 27.8 Å². The summed E-state index contributed by atoms with van der Waals surface area (Å²) < 4.78 is 11.9. The van der Waals surface area contributed by atoms with Gasteiger partial charge < -0.3 is 30.1 Å². The number of Topliss-reactive ketones (excluding diaryl/α,β-unsaturated/α-hetero) is 2. The first-order valence-electron chi connectivity index (χ1n) is 18.7. The molecule has 2 aliphatic rings. The molecule has 0 bridgehead atoms. The Balaban J connectivity index is 1.77. The fourth-order valence-corrected chi connectivity index (χ4v) is 8.13. The van der Waals surface area contributed by atoms with Crippen molar-refractivity contribution >= 4 is 29.4 Å². The Morgan fingerprint density at radius 2 is 1.67 bits per heavy atom. The number of rotatable bonds is 20. The summed E-state index contributed by atoms with van der Waals surface area (Å²) in [5, 5.41) is 10.1. The number of hydrogen-bond donors (Lipinski definition) is 2. The minimum atomic E-state index is -1.06. The predicted molar refractivity (Wildman–Crippen MR) is 196 cm³/mol. The molecule has 11 nitrogen and oxygen atoms in total. The molecule has 2 unspecified atom stereocenters. The van der Waals surface area contributed by atoms with E-state index in [1.807, 2.05) is 52.0 Å². The maximum Gasteiger partial charge on any atom is 0.307 e. The SMILES string of the molecule is CC[C@H](C)[C@@H]([C@@H](CC(=O)N1CCC[C@H]1[C@H](OC)[C@@H](C)C(=O)CC(C(=O)O)C1Cc2ccccc21)OC)N(C)C(=O)[C@@H](CC(=O)C(C)(C)N)C(C)C. The summed E-state index contributed by atoms with van der Waals surface area (Å²) in [5.41, 5.74) is 7.13. The number of hydrogen-bond acceptors (Lipinski definition) is 8. The average Bonchev–Trinajstić information content (AvgIpc) is 3.55. The normalized spacial score (nSPS) is 21.5. The Labute approximate surface area is 305 Å². The number of carbonyl (C=O) groups is 5. The highest BCUT2D eigenvalue weighted by Gasteiger charge is 2.45. The molecule has 1 aromatic rings. The quantitative estimate of drug-likeness (QED) is 0.192. The smallest absolute Gasteiger partial charge is 0.307 e. The van der Waals surface area contributed by atoms with Crippen LogP contribution in [0.4, 0.5) is 0 Å². The van der Waals surface area contributed by atoms with Gasteiger partial charge in [0.15, 0.2) is 5.78 Å². The Morgan fingerprint density at radius 1 is 1.02 bits per heavy atom. The number of amides is 2. The second-order valence-electron chi connectivity index (χ2n) is 15.9. The topological polar surface area (TPSA) is 157 Å². The van der Waals surface area contributed by atoms with Crippen molar-refractivity contribution in [3.8, 4) is 0 Å². The van der Waals surface area contributed by atoms with Crippen LogP contribution in [0.15, 0.2) is 24.3 Å². The largest absolute Gasteiger partial charge is 0.481 e. The number of nitrogens with two attached hydrogens (primary N) is 1. The molecule has 11 heteroatoms. The van der Waals surface area contributed by atoms with E-state index in [0.29, 0.717) is 19.4 Å². The number of benzene rings is 1. The molecule has 0 spiro atoms. The Morgan fingerprint density at radius 3 is 2.20 bits per heavy atom. The number of fused-ring (bicyclic) bond motifs is 1. The Kier molecular flexibility index (Phi) is 15.0. The third-order valence-electron chi connectivity index (χ3n) is 11.7. The van der Waals surface area contributed by atoms with E-state index in [1.54, 1.807) is 44.7 Å². The number of methoxy groups -OCH3 is 2. The molecule has 0 saturated carbocycles. The highest BCUT2D eigenvalue weighted by atomic mass is 16.5. The highest BCUT2D eigenvalue weighted by Crippen LogP contribution is 2.42. The van der Waals surface area contributed by atoms with Gasteiger partial charge >= 0.3 is 5.97 Å². The van der Waals surface area contributed by atoms with E-state index < -0.39 is 47.5 Å². The number of carbonyl (C=O) groups excluding carboxylic acids is 4. The van der Waals surface area contributed by atoms with E-state index in [4.69, 9.17) is 15.2 Å². The summed E-state index contributed by atoms with van der Waals surface area (Å²) in [4.78, 5) is 70.5. The molecule has 2 amide bonds. The highest BCUT2D eigenvalue weighted by molar-refractivity contribution is 5.92. The predicted octanol–water partition coefficient (Wildman–Crippen LogP) is 4.88. The molecule has 1 saturated heterocycles. The summed E-state index contributed by atoms with van der Waals surface area (Å²) in [6.07, 6.45) is 1.45. The van der Waals surface area contributed by atoms with E-state index in [1.165, 1.54) is 7.11 Å². The van der Waals surface area contributed by atoms with Gasteiger partial charge in [-0.1, -0.05) is 65.3 Å². The van der Waals surface area contributed by atoms with Crippen molar-refractivity contribution in [1.82, 2.24) is 9.80 Å². The number of ether oxygens (including phenoxy) is 2. The number of likely N-dealkylation sites (tertiary alicyclic amines) is 1. The van der Waals surface area contributed by atoms with Gasteiger partial charge in [0.2, 0.25) is 11.8 Å². The number of nitrogens with zero attached hydrogens (tertiary/aromatic N) is 2. The van der Waals surface area contributed by atoms with Crippen molar-refractivity contribution in [2.24, 2.45) is 35.3 Å². The summed E-state index contributed by atoms with van der Waals surface area (Å²) in [6, 6.07) is 6.94. The van der Waals surface area contributed by atoms with Gasteiger partial charge in [-0.3, -0.25) is 24.0 Å². The lowest BCUT2D eigenvalue weighted by molar-refractivity contribution is -0.149. The number of ketones is 2. The van der Waals surface area contributed by atoms with Crippen LogP contribution in [0.25, 0.3) is 0 Å². The van der Waals surface area contributed by atoms with E-state index >= 15 is 0 Å². The number of carboxylic acid groups (broad SMARTS) is 1. The van der Waals surface area contributed by atoms with Gasteiger partial charge in [0, 0.05) is 58.4 Å². The van der Waals surface area contributed by atoms with Gasteiger partial charge in [-0.25, -0.2) is 0 Å². The van der Waals surface area contributed by atoms with E-state index in [0.717, 1.165) is 24.0 Å². The summed E-state index contributed by atoms with van der Waals surface area (Å²) in [5.74, 6) is -4.08. The molecule has 3 N–H and O–H groups in total. The summed E-state index contributed by atoms with van der Waals surface area (Å²) in [7, 11) is 4.81. The Hall–Kier alpha value is -3.15. The first-order valence-corrected chi connectivity index (χ1v) is 18.7. The van der Waals surface area contributed by atoms with Gasteiger partial charge in [-0.2, -0.15) is 0 Å². The molecule has 1 aliphatic carbocycles.